The second-order valence-electron chi connectivity index (χ2n) is 7.36. The molecule has 0 atom stereocenters. The van der Waals surface area contributed by atoms with Crippen molar-refractivity contribution in [2.45, 2.75) is 6.04 Å². The summed E-state index contributed by atoms with van der Waals surface area (Å²) >= 11 is 0. The highest BCUT2D eigenvalue weighted by Crippen LogP contribution is 2.46. The van der Waals surface area contributed by atoms with Gasteiger partial charge in [0.05, 0.1) is 12.3 Å². The maximum absolute atomic E-state index is 13.0. The van der Waals surface area contributed by atoms with Gasteiger partial charge in [0, 0.05) is 26.2 Å². The minimum absolute atomic E-state index is 0.220. The Morgan fingerprint density at radius 2 is 1.32 bits per heavy atom. The zero-order valence-electron chi connectivity index (χ0n) is 15.6. The maximum atomic E-state index is 13.0. The van der Waals surface area contributed by atoms with Gasteiger partial charge in [0.25, 0.3) is 0 Å². The molecule has 5 rings (SSSR count). The average molecular weight is 371 g/mol. The first kappa shape index (κ1) is 17.1. The summed E-state index contributed by atoms with van der Waals surface area (Å²) in [7, 11) is 0. The standard InChI is InChI=1S/C24H22FN3/c25-19-11-9-18(10-12-19)17-26-28-15-13-27(14-16-28)24-22-7-3-1-5-20(22)21-6-2-4-8-23(21)24/h1-12,17,24H,13-16H2. The Hall–Kier alpha value is -2.98. The molecule has 1 fully saturated rings. The molecule has 140 valence electrons. The summed E-state index contributed by atoms with van der Waals surface area (Å²) in [5.74, 6) is -0.220. The molecule has 1 saturated heterocycles. The van der Waals surface area contributed by atoms with Gasteiger partial charge < -0.3 is 0 Å². The Morgan fingerprint density at radius 3 is 1.93 bits per heavy atom. The van der Waals surface area contributed by atoms with Crippen molar-refractivity contribution in [3.05, 3.63) is 95.3 Å². The number of hydrazone groups is 1. The van der Waals surface area contributed by atoms with Crippen LogP contribution < -0.4 is 0 Å². The molecule has 3 nitrogen and oxygen atoms in total. The predicted octanol–water partition coefficient (Wildman–Crippen LogP) is 4.55. The molecule has 0 spiro atoms. The minimum atomic E-state index is -0.220. The normalized spacial score (nSPS) is 17.1. The van der Waals surface area contributed by atoms with Gasteiger partial charge in [-0.1, -0.05) is 60.7 Å². The van der Waals surface area contributed by atoms with E-state index >= 15 is 0 Å². The van der Waals surface area contributed by atoms with Crippen LogP contribution >= 0.6 is 0 Å². The van der Waals surface area contributed by atoms with Crippen LogP contribution in [0.25, 0.3) is 11.1 Å². The molecule has 0 N–H and O–H groups in total. The lowest BCUT2D eigenvalue weighted by Gasteiger charge is -2.37. The molecule has 3 aromatic carbocycles. The van der Waals surface area contributed by atoms with Gasteiger partial charge in [0.15, 0.2) is 0 Å². The van der Waals surface area contributed by atoms with Crippen LogP contribution in [0.3, 0.4) is 0 Å². The quantitative estimate of drug-likeness (QED) is 0.629. The van der Waals surface area contributed by atoms with E-state index in [-0.39, 0.29) is 5.82 Å². The van der Waals surface area contributed by atoms with Gasteiger partial charge in [-0.05, 0) is 39.9 Å². The molecule has 1 heterocycles. The van der Waals surface area contributed by atoms with Crippen molar-refractivity contribution in [1.29, 1.82) is 0 Å². The van der Waals surface area contributed by atoms with Gasteiger partial charge in [-0.15, -0.1) is 0 Å². The third-order valence-electron chi connectivity index (χ3n) is 5.70. The van der Waals surface area contributed by atoms with E-state index in [1.807, 2.05) is 6.21 Å². The van der Waals surface area contributed by atoms with E-state index in [1.165, 1.54) is 34.4 Å². The van der Waals surface area contributed by atoms with Crippen LogP contribution in [0.2, 0.25) is 0 Å². The van der Waals surface area contributed by atoms with Crippen LogP contribution in [-0.4, -0.2) is 42.3 Å². The summed E-state index contributed by atoms with van der Waals surface area (Å²) in [6.07, 6.45) is 1.81. The predicted molar refractivity (Wildman–Crippen MR) is 111 cm³/mol. The molecule has 3 aromatic rings. The summed E-state index contributed by atoms with van der Waals surface area (Å²) in [6, 6.07) is 24.3. The van der Waals surface area contributed by atoms with Gasteiger partial charge in [-0.25, -0.2) is 4.39 Å². The number of fused-ring (bicyclic) bond motifs is 3. The summed E-state index contributed by atoms with van der Waals surface area (Å²) in [5, 5.41) is 6.70. The fourth-order valence-corrected chi connectivity index (χ4v) is 4.30. The van der Waals surface area contributed by atoms with Crippen molar-refractivity contribution >= 4 is 6.21 Å². The number of nitrogens with zero attached hydrogens (tertiary/aromatic N) is 3. The summed E-state index contributed by atoms with van der Waals surface area (Å²) in [5.41, 5.74) is 6.46. The number of benzene rings is 3. The lowest BCUT2D eigenvalue weighted by atomic mass is 10.0. The van der Waals surface area contributed by atoms with Crippen LogP contribution in [0, 0.1) is 5.82 Å². The fourth-order valence-electron chi connectivity index (χ4n) is 4.30. The van der Waals surface area contributed by atoms with Gasteiger partial charge in [-0.2, -0.15) is 5.10 Å². The summed E-state index contributed by atoms with van der Waals surface area (Å²) in [4.78, 5) is 2.56. The minimum Gasteiger partial charge on any atom is -0.294 e. The van der Waals surface area contributed by atoms with Crippen LogP contribution in [-0.2, 0) is 0 Å². The molecular formula is C24H22FN3. The van der Waals surface area contributed by atoms with Crippen molar-refractivity contribution in [1.82, 2.24) is 9.91 Å². The van der Waals surface area contributed by atoms with Gasteiger partial charge in [0.2, 0.25) is 0 Å². The van der Waals surface area contributed by atoms with Crippen LogP contribution in [0.5, 0.6) is 0 Å². The largest absolute Gasteiger partial charge is 0.294 e. The monoisotopic (exact) mass is 371 g/mol. The highest BCUT2D eigenvalue weighted by molar-refractivity contribution is 5.79. The molecule has 4 heteroatoms. The zero-order valence-corrected chi connectivity index (χ0v) is 15.6. The van der Waals surface area contributed by atoms with E-state index in [9.17, 15) is 4.39 Å². The van der Waals surface area contributed by atoms with Crippen LogP contribution in [0.15, 0.2) is 77.9 Å². The smallest absolute Gasteiger partial charge is 0.123 e. The van der Waals surface area contributed by atoms with Crippen LogP contribution in [0.4, 0.5) is 4.39 Å². The second-order valence-corrected chi connectivity index (χ2v) is 7.36. The van der Waals surface area contributed by atoms with Gasteiger partial charge >= 0.3 is 0 Å². The molecule has 0 unspecified atom stereocenters. The Kier molecular flexibility index (Phi) is 4.41. The molecule has 2 aliphatic rings. The molecule has 0 bridgehead atoms. The van der Waals surface area contributed by atoms with Crippen molar-refractivity contribution in [3.63, 3.8) is 0 Å². The number of rotatable bonds is 3. The molecule has 0 radical (unpaired) electrons. The van der Waals surface area contributed by atoms with Crippen molar-refractivity contribution in [2.24, 2.45) is 5.10 Å². The topological polar surface area (TPSA) is 18.8 Å². The van der Waals surface area contributed by atoms with E-state index in [2.05, 4.69) is 63.5 Å². The van der Waals surface area contributed by atoms with Crippen molar-refractivity contribution in [3.8, 4) is 11.1 Å². The third kappa shape index (κ3) is 3.10. The fraction of sp³-hybridized carbons (Fsp3) is 0.208. The van der Waals surface area contributed by atoms with E-state index < -0.39 is 0 Å². The third-order valence-corrected chi connectivity index (χ3v) is 5.70. The Labute approximate surface area is 164 Å². The first-order chi connectivity index (χ1) is 13.8. The molecule has 1 aliphatic heterocycles. The van der Waals surface area contributed by atoms with E-state index in [4.69, 9.17) is 0 Å². The highest BCUT2D eigenvalue weighted by Gasteiger charge is 2.33. The molecule has 0 aromatic heterocycles. The summed E-state index contributed by atoms with van der Waals surface area (Å²) in [6.45, 7) is 3.71. The molecule has 1 aliphatic carbocycles. The van der Waals surface area contributed by atoms with Crippen LogP contribution in [0.1, 0.15) is 22.7 Å². The highest BCUT2D eigenvalue weighted by atomic mass is 19.1. The Morgan fingerprint density at radius 1 is 0.750 bits per heavy atom. The number of halogens is 1. The lowest BCUT2D eigenvalue weighted by Crippen LogP contribution is -2.45. The molecule has 0 amide bonds. The summed E-state index contributed by atoms with van der Waals surface area (Å²) < 4.78 is 13.0. The maximum Gasteiger partial charge on any atom is 0.123 e. The Balaban J connectivity index is 1.31. The van der Waals surface area contributed by atoms with Gasteiger partial charge in [-0.3, -0.25) is 9.91 Å². The average Bonchev–Trinajstić information content (AvgIpc) is 3.08. The Bertz CT molecular complexity index is 959. The van der Waals surface area contributed by atoms with E-state index in [1.54, 1.807) is 12.1 Å². The first-order valence-electron chi connectivity index (χ1n) is 9.76. The van der Waals surface area contributed by atoms with Gasteiger partial charge in [0.1, 0.15) is 5.82 Å². The second kappa shape index (κ2) is 7.21. The lowest BCUT2D eigenvalue weighted by molar-refractivity contribution is 0.114. The number of piperazine rings is 1. The first-order valence-corrected chi connectivity index (χ1v) is 9.76. The molecular weight excluding hydrogens is 349 g/mol. The van der Waals surface area contributed by atoms with Crippen molar-refractivity contribution < 1.29 is 4.39 Å². The molecule has 0 saturated carbocycles. The van der Waals surface area contributed by atoms with E-state index in [0.29, 0.717) is 6.04 Å². The number of hydrogen-bond donors (Lipinski definition) is 0. The van der Waals surface area contributed by atoms with Crippen molar-refractivity contribution in [2.75, 3.05) is 26.2 Å². The van der Waals surface area contributed by atoms with E-state index in [0.717, 1.165) is 31.7 Å². The molecule has 28 heavy (non-hydrogen) atoms. The zero-order chi connectivity index (χ0) is 18.9. The number of hydrogen-bond acceptors (Lipinski definition) is 3. The SMILES string of the molecule is Fc1ccc(C=NN2CCN(C3c4ccccc4-c4ccccc43)CC2)cc1.